The van der Waals surface area contributed by atoms with Crippen molar-refractivity contribution < 1.29 is 0 Å². The van der Waals surface area contributed by atoms with Gasteiger partial charge in [-0.05, 0) is 54.8 Å². The molecule has 0 aliphatic rings. The fraction of sp³-hybridized carbons (Fsp3) is 0.200. The zero-order valence-electron chi connectivity index (χ0n) is 14.7. The smallest absolute Gasteiger partial charge is 0.274 e. The number of nitrogens with zero attached hydrogens (tertiary/aromatic N) is 3. The standard InChI is InChI=1S/C20H19N3OS/c1-12-9-13(2)18-16(10-12)23-19(24)17(25-20(23)21-18)11-14-5-7-15(8-6-14)22(3)4/h5-11H,1-4H3/b17-11-. The molecule has 2 aromatic heterocycles. The van der Waals surface area contributed by atoms with Gasteiger partial charge >= 0.3 is 0 Å². The van der Waals surface area contributed by atoms with Crippen molar-refractivity contribution in [1.82, 2.24) is 9.38 Å². The SMILES string of the molecule is Cc1cc(C)c2nc3s/c(=C\c4ccc(N(C)C)cc4)c(=O)n3c2c1. The minimum absolute atomic E-state index is 0.00388. The van der Waals surface area contributed by atoms with Crippen LogP contribution < -0.4 is 15.0 Å². The van der Waals surface area contributed by atoms with Gasteiger partial charge in [0.2, 0.25) is 0 Å². The number of fused-ring (bicyclic) bond motifs is 3. The van der Waals surface area contributed by atoms with Gasteiger partial charge in [-0.25, -0.2) is 9.38 Å². The molecule has 0 bridgehead atoms. The van der Waals surface area contributed by atoms with Crippen molar-refractivity contribution in [1.29, 1.82) is 0 Å². The number of hydrogen-bond donors (Lipinski definition) is 0. The summed E-state index contributed by atoms with van der Waals surface area (Å²) in [5, 5.41) is 0. The van der Waals surface area contributed by atoms with Crippen LogP contribution in [0.4, 0.5) is 5.69 Å². The highest BCUT2D eigenvalue weighted by Gasteiger charge is 2.13. The molecule has 126 valence electrons. The number of rotatable bonds is 2. The molecular weight excluding hydrogens is 330 g/mol. The zero-order valence-corrected chi connectivity index (χ0v) is 15.5. The van der Waals surface area contributed by atoms with E-state index in [0.29, 0.717) is 4.53 Å². The molecule has 0 unspecified atom stereocenters. The Morgan fingerprint density at radius 1 is 1.12 bits per heavy atom. The van der Waals surface area contributed by atoms with Crippen molar-refractivity contribution in [3.63, 3.8) is 0 Å². The lowest BCUT2D eigenvalue weighted by molar-refractivity contribution is 1.13. The Labute approximate surface area is 149 Å². The van der Waals surface area contributed by atoms with E-state index >= 15 is 0 Å². The highest BCUT2D eigenvalue weighted by molar-refractivity contribution is 7.15. The van der Waals surface area contributed by atoms with Gasteiger partial charge in [-0.1, -0.05) is 29.5 Å². The van der Waals surface area contributed by atoms with E-state index in [2.05, 4.69) is 28.1 Å². The molecule has 0 spiro atoms. The summed E-state index contributed by atoms with van der Waals surface area (Å²) < 4.78 is 2.45. The lowest BCUT2D eigenvalue weighted by Gasteiger charge is -2.11. The molecule has 5 heteroatoms. The van der Waals surface area contributed by atoms with E-state index < -0.39 is 0 Å². The molecule has 2 heterocycles. The second kappa shape index (κ2) is 5.70. The van der Waals surface area contributed by atoms with Crippen LogP contribution in [-0.4, -0.2) is 23.5 Å². The summed E-state index contributed by atoms with van der Waals surface area (Å²) in [5.41, 5.74) is 6.22. The van der Waals surface area contributed by atoms with E-state index in [4.69, 9.17) is 0 Å². The summed E-state index contributed by atoms with van der Waals surface area (Å²) in [6.07, 6.45) is 1.94. The van der Waals surface area contributed by atoms with Crippen LogP contribution in [0.25, 0.3) is 22.1 Å². The molecule has 0 amide bonds. The molecular formula is C20H19N3OS. The number of hydrogen-bond acceptors (Lipinski definition) is 4. The van der Waals surface area contributed by atoms with Crippen molar-refractivity contribution in [2.75, 3.05) is 19.0 Å². The average molecular weight is 349 g/mol. The molecule has 0 radical (unpaired) electrons. The topological polar surface area (TPSA) is 37.6 Å². The van der Waals surface area contributed by atoms with E-state index in [-0.39, 0.29) is 5.56 Å². The predicted molar refractivity (Wildman–Crippen MR) is 106 cm³/mol. The van der Waals surface area contributed by atoms with Gasteiger partial charge in [0.05, 0.1) is 15.6 Å². The molecule has 4 nitrogen and oxygen atoms in total. The van der Waals surface area contributed by atoms with Gasteiger partial charge in [-0.15, -0.1) is 0 Å². The fourth-order valence-electron chi connectivity index (χ4n) is 3.13. The van der Waals surface area contributed by atoms with Gasteiger partial charge in [0.25, 0.3) is 5.56 Å². The summed E-state index contributed by atoms with van der Waals surface area (Å²) in [5.74, 6) is 0. The Balaban J connectivity index is 1.91. The van der Waals surface area contributed by atoms with E-state index in [0.717, 1.165) is 38.4 Å². The van der Waals surface area contributed by atoms with Crippen LogP contribution in [0.3, 0.4) is 0 Å². The highest BCUT2D eigenvalue weighted by Crippen LogP contribution is 2.21. The number of anilines is 1. The van der Waals surface area contributed by atoms with Gasteiger partial charge in [0, 0.05) is 19.8 Å². The highest BCUT2D eigenvalue weighted by atomic mass is 32.1. The second-order valence-corrected chi connectivity index (χ2v) is 7.59. The maximum Gasteiger partial charge on any atom is 0.274 e. The maximum atomic E-state index is 12.9. The third-order valence-corrected chi connectivity index (χ3v) is 5.36. The zero-order chi connectivity index (χ0) is 17.7. The van der Waals surface area contributed by atoms with Crippen molar-refractivity contribution in [3.8, 4) is 0 Å². The minimum atomic E-state index is 0.00388. The number of imidazole rings is 1. The number of aromatic nitrogens is 2. The number of aryl methyl sites for hydroxylation is 2. The summed E-state index contributed by atoms with van der Waals surface area (Å²) >= 11 is 1.44. The first-order valence-corrected chi connectivity index (χ1v) is 8.97. The van der Waals surface area contributed by atoms with Crippen molar-refractivity contribution >= 4 is 39.1 Å². The van der Waals surface area contributed by atoms with E-state index in [1.54, 1.807) is 4.40 Å². The van der Waals surface area contributed by atoms with Crippen molar-refractivity contribution in [2.45, 2.75) is 13.8 Å². The first-order chi connectivity index (χ1) is 11.9. The summed E-state index contributed by atoms with van der Waals surface area (Å²) in [7, 11) is 4.02. The normalized spacial score (nSPS) is 12.4. The Bertz CT molecular complexity index is 1200. The van der Waals surface area contributed by atoms with Crippen LogP contribution in [0, 0.1) is 13.8 Å². The number of benzene rings is 2. The molecule has 0 aliphatic carbocycles. The Hall–Kier alpha value is -2.66. The lowest BCUT2D eigenvalue weighted by Crippen LogP contribution is -2.22. The Morgan fingerprint density at radius 2 is 1.84 bits per heavy atom. The predicted octanol–water partition coefficient (Wildman–Crippen LogP) is 3.14. The molecule has 0 N–H and O–H groups in total. The largest absolute Gasteiger partial charge is 0.378 e. The Morgan fingerprint density at radius 3 is 2.52 bits per heavy atom. The molecule has 2 aromatic carbocycles. The summed E-state index contributed by atoms with van der Waals surface area (Å²) in [6, 6.07) is 12.3. The first kappa shape index (κ1) is 15.8. The third-order valence-electron chi connectivity index (χ3n) is 4.39. The van der Waals surface area contributed by atoms with Crippen LogP contribution in [0.5, 0.6) is 0 Å². The molecule has 0 atom stereocenters. The molecule has 0 saturated carbocycles. The first-order valence-electron chi connectivity index (χ1n) is 8.15. The second-order valence-electron chi connectivity index (χ2n) is 6.58. The van der Waals surface area contributed by atoms with Crippen molar-refractivity contribution in [3.05, 3.63) is 68.0 Å². The van der Waals surface area contributed by atoms with Crippen molar-refractivity contribution in [2.24, 2.45) is 0 Å². The molecule has 0 aliphatic heterocycles. The van der Waals surface area contributed by atoms with E-state index in [9.17, 15) is 4.79 Å². The maximum absolute atomic E-state index is 12.9. The summed E-state index contributed by atoms with van der Waals surface area (Å²) in [4.78, 5) is 20.4. The van der Waals surface area contributed by atoms with E-state index in [1.807, 2.05) is 52.2 Å². The van der Waals surface area contributed by atoms with Gasteiger partial charge in [0.1, 0.15) is 0 Å². The van der Waals surface area contributed by atoms with Gasteiger partial charge in [-0.3, -0.25) is 4.79 Å². The Kier molecular flexibility index (Phi) is 3.62. The van der Waals surface area contributed by atoms with E-state index in [1.165, 1.54) is 11.3 Å². The van der Waals surface area contributed by atoms with Crippen LogP contribution in [0.15, 0.2) is 41.2 Å². The monoisotopic (exact) mass is 349 g/mol. The minimum Gasteiger partial charge on any atom is -0.378 e. The van der Waals surface area contributed by atoms with Crippen LogP contribution in [0.2, 0.25) is 0 Å². The molecule has 4 rings (SSSR count). The van der Waals surface area contributed by atoms with Gasteiger partial charge < -0.3 is 4.90 Å². The van der Waals surface area contributed by atoms with Crippen LogP contribution >= 0.6 is 11.3 Å². The summed E-state index contributed by atoms with van der Waals surface area (Å²) in [6.45, 7) is 4.08. The molecule has 4 aromatic rings. The average Bonchev–Trinajstić information content (AvgIpc) is 3.06. The lowest BCUT2D eigenvalue weighted by atomic mass is 10.1. The third kappa shape index (κ3) is 2.61. The van der Waals surface area contributed by atoms with Gasteiger partial charge in [0.15, 0.2) is 4.96 Å². The van der Waals surface area contributed by atoms with Gasteiger partial charge in [-0.2, -0.15) is 0 Å². The number of thiazole rings is 1. The molecule has 25 heavy (non-hydrogen) atoms. The molecule has 0 fully saturated rings. The van der Waals surface area contributed by atoms with Crippen LogP contribution in [0.1, 0.15) is 16.7 Å². The quantitative estimate of drug-likeness (QED) is 0.558. The van der Waals surface area contributed by atoms with Crippen LogP contribution in [-0.2, 0) is 0 Å². The molecule has 0 saturated heterocycles. The fourth-order valence-corrected chi connectivity index (χ4v) is 4.11.